The molecule has 4 aliphatic rings. The van der Waals surface area contributed by atoms with Gasteiger partial charge in [-0.2, -0.15) is 0 Å². The van der Waals surface area contributed by atoms with Crippen LogP contribution in [0.1, 0.15) is 35.2 Å². The Morgan fingerprint density at radius 1 is 1.12 bits per heavy atom. The fourth-order valence-electron chi connectivity index (χ4n) is 7.04. The molecule has 0 unspecified atom stereocenters. The summed E-state index contributed by atoms with van der Waals surface area (Å²) in [5.74, 6) is -9.37. The van der Waals surface area contributed by atoms with Gasteiger partial charge in [0, 0.05) is 29.7 Å². The number of hydrogen-bond donors (Lipinski definition) is 5. The van der Waals surface area contributed by atoms with Gasteiger partial charge in [0.1, 0.15) is 22.9 Å². The fraction of sp³-hybridized carbons (Fsp3) is 0.500. The van der Waals surface area contributed by atoms with Crippen LogP contribution in [0.5, 0.6) is 5.75 Å². The molecule has 3 aliphatic carbocycles. The number of hydrogen-bond acceptors (Lipinski definition) is 10. The third kappa shape index (κ3) is 3.90. The predicted octanol–water partition coefficient (Wildman–Crippen LogP) is 0.317. The number of amides is 2. The second-order valence-electron chi connectivity index (χ2n) is 11.7. The summed E-state index contributed by atoms with van der Waals surface area (Å²) in [5.41, 5.74) is 0.453. The van der Waals surface area contributed by atoms with E-state index >= 15 is 4.39 Å². The van der Waals surface area contributed by atoms with Gasteiger partial charge in [-0.1, -0.05) is 0 Å². The number of likely N-dealkylation sites (N-methyl/N-ethyl adjacent to an activating group) is 2. The van der Waals surface area contributed by atoms with Crippen molar-refractivity contribution in [3.63, 3.8) is 0 Å². The molecular weight excluding hydrogens is 539 g/mol. The zero-order valence-electron chi connectivity index (χ0n) is 23.1. The minimum atomic E-state index is -2.79. The molecule has 5 atom stereocenters. The average molecular weight is 573 g/mol. The standard InChI is InChI=1S/C28H33FN4O8/c1-31(2)15-6-5-7-33(27(15)40)16-10-14(29)12-8-11-9-13-20(32(3)4)23(36)19(26(30)39)25(38)28(13,41)24(37)17(11)22(35)18(12)21(16)34/h10-11,13,15,20,34,36-37,41H,5-9H2,1-4H3,(H2,30,39)/t11-,13-,15-,20-,28-/m0/s1. The Labute approximate surface area is 235 Å². The molecule has 12 nitrogen and oxygen atoms in total. The molecule has 220 valence electrons. The van der Waals surface area contributed by atoms with Gasteiger partial charge in [0.25, 0.3) is 5.91 Å². The Hall–Kier alpha value is -3.81. The molecule has 1 saturated heterocycles. The number of carbonyl (C=O) groups excluding carboxylic acids is 4. The van der Waals surface area contributed by atoms with Crippen LogP contribution in [0.15, 0.2) is 28.7 Å². The Morgan fingerprint density at radius 2 is 1.78 bits per heavy atom. The van der Waals surface area contributed by atoms with E-state index in [1.54, 1.807) is 19.0 Å². The summed E-state index contributed by atoms with van der Waals surface area (Å²) in [5, 5.41) is 45.2. The molecule has 1 aromatic carbocycles. The van der Waals surface area contributed by atoms with Gasteiger partial charge < -0.3 is 31.1 Å². The van der Waals surface area contributed by atoms with E-state index in [-0.39, 0.29) is 36.5 Å². The van der Waals surface area contributed by atoms with Crippen LogP contribution in [0.25, 0.3) is 0 Å². The fourth-order valence-corrected chi connectivity index (χ4v) is 7.04. The molecule has 0 saturated carbocycles. The molecule has 6 N–H and O–H groups in total. The van der Waals surface area contributed by atoms with Gasteiger partial charge in [-0.25, -0.2) is 4.39 Å². The van der Waals surface area contributed by atoms with Crippen molar-refractivity contribution in [3.05, 3.63) is 45.7 Å². The number of carbonyl (C=O) groups is 4. The van der Waals surface area contributed by atoms with Crippen LogP contribution >= 0.6 is 0 Å². The summed E-state index contributed by atoms with van der Waals surface area (Å²) in [6, 6.07) is -0.633. The lowest BCUT2D eigenvalue weighted by Crippen LogP contribution is -2.63. The van der Waals surface area contributed by atoms with E-state index in [0.717, 1.165) is 6.07 Å². The van der Waals surface area contributed by atoms with E-state index < -0.39 is 86.8 Å². The molecule has 0 bridgehead atoms. The highest BCUT2D eigenvalue weighted by atomic mass is 19.1. The summed E-state index contributed by atoms with van der Waals surface area (Å²) in [7, 11) is 6.50. The van der Waals surface area contributed by atoms with E-state index in [1.807, 2.05) is 0 Å². The number of aromatic hydroxyl groups is 1. The van der Waals surface area contributed by atoms with Crippen molar-refractivity contribution in [2.45, 2.75) is 43.4 Å². The first kappa shape index (κ1) is 28.7. The predicted molar refractivity (Wildman–Crippen MR) is 143 cm³/mol. The number of phenolic OH excluding ortho intramolecular Hbond substituents is 1. The van der Waals surface area contributed by atoms with Crippen LogP contribution in [-0.4, -0.2) is 106 Å². The van der Waals surface area contributed by atoms with Gasteiger partial charge in [-0.05, 0) is 59.8 Å². The lowest BCUT2D eigenvalue weighted by molar-refractivity contribution is -0.148. The number of ketones is 2. The number of allylic oxidation sites excluding steroid dienone is 1. The minimum absolute atomic E-state index is 0.127. The van der Waals surface area contributed by atoms with Gasteiger partial charge in [0.15, 0.2) is 17.1 Å². The maximum absolute atomic E-state index is 15.7. The van der Waals surface area contributed by atoms with E-state index in [1.165, 1.54) is 23.9 Å². The molecule has 41 heavy (non-hydrogen) atoms. The second kappa shape index (κ2) is 9.64. The summed E-state index contributed by atoms with van der Waals surface area (Å²) in [4.78, 5) is 57.0. The number of nitrogens with two attached hydrogens (primary N) is 1. The van der Waals surface area contributed by atoms with E-state index in [4.69, 9.17) is 5.73 Å². The number of rotatable bonds is 4. The van der Waals surface area contributed by atoms with Crippen molar-refractivity contribution in [2.24, 2.45) is 17.6 Å². The van der Waals surface area contributed by atoms with E-state index in [9.17, 15) is 39.6 Å². The highest BCUT2D eigenvalue weighted by molar-refractivity contribution is 6.25. The normalized spacial score (nSPS) is 30.1. The number of fused-ring (bicyclic) bond motifs is 3. The van der Waals surface area contributed by atoms with Gasteiger partial charge in [-0.15, -0.1) is 0 Å². The first-order valence-corrected chi connectivity index (χ1v) is 13.3. The number of primary amides is 1. The number of anilines is 1. The van der Waals surface area contributed by atoms with Crippen LogP contribution in [0.3, 0.4) is 0 Å². The monoisotopic (exact) mass is 572 g/mol. The van der Waals surface area contributed by atoms with E-state index in [2.05, 4.69) is 0 Å². The molecule has 13 heteroatoms. The van der Waals surface area contributed by atoms with Crippen LogP contribution in [-0.2, 0) is 20.8 Å². The Bertz CT molecular complexity index is 1470. The smallest absolute Gasteiger partial charge is 0.255 e. The van der Waals surface area contributed by atoms with E-state index in [0.29, 0.717) is 12.8 Å². The molecule has 1 heterocycles. The topological polar surface area (TPSA) is 185 Å². The number of aliphatic hydroxyl groups excluding tert-OH is 2. The van der Waals surface area contributed by atoms with Crippen molar-refractivity contribution >= 4 is 29.1 Å². The van der Waals surface area contributed by atoms with Crippen LogP contribution in [0.4, 0.5) is 10.1 Å². The molecule has 0 aromatic heterocycles. The first-order valence-electron chi connectivity index (χ1n) is 13.3. The number of aliphatic hydroxyl groups is 3. The number of nitrogens with zero attached hydrogens (tertiary/aromatic N) is 3. The lowest BCUT2D eigenvalue weighted by Gasteiger charge is -2.50. The van der Waals surface area contributed by atoms with Gasteiger partial charge in [0.2, 0.25) is 11.7 Å². The minimum Gasteiger partial charge on any atom is -0.510 e. The maximum atomic E-state index is 15.7. The maximum Gasteiger partial charge on any atom is 0.255 e. The highest BCUT2D eigenvalue weighted by Gasteiger charge is 2.63. The molecule has 1 aliphatic heterocycles. The zero-order valence-corrected chi connectivity index (χ0v) is 23.1. The Morgan fingerprint density at radius 3 is 2.37 bits per heavy atom. The summed E-state index contributed by atoms with van der Waals surface area (Å²) in [6.45, 7) is 0.188. The molecule has 1 fully saturated rings. The third-order valence-electron chi connectivity index (χ3n) is 8.97. The highest BCUT2D eigenvalue weighted by Crippen LogP contribution is 2.53. The molecule has 0 spiro atoms. The molecule has 2 amide bonds. The van der Waals surface area contributed by atoms with Crippen molar-refractivity contribution in [1.82, 2.24) is 9.80 Å². The number of phenols is 1. The molecule has 1 aromatic rings. The quantitative estimate of drug-likeness (QED) is 0.315. The second-order valence-corrected chi connectivity index (χ2v) is 11.7. The molecular formula is C28H33FN4O8. The lowest BCUT2D eigenvalue weighted by atomic mass is 9.58. The van der Waals surface area contributed by atoms with Gasteiger partial charge in [-0.3, -0.25) is 29.0 Å². The molecule has 0 radical (unpaired) electrons. The van der Waals surface area contributed by atoms with Crippen molar-refractivity contribution in [3.8, 4) is 5.75 Å². The van der Waals surface area contributed by atoms with Crippen molar-refractivity contribution in [2.75, 3.05) is 39.6 Å². The van der Waals surface area contributed by atoms with Gasteiger partial charge in [0.05, 0.1) is 23.3 Å². The SMILES string of the molecule is CN(C)[C@@H]1C(O)=C(C(N)=O)C(=O)[C@@]2(O)C(O)=C3C(=O)c4c(O)c(N5CCC[C@H](N(C)C)C5=O)cc(F)c4C[C@H]3C[C@@H]12. The Kier molecular flexibility index (Phi) is 6.75. The van der Waals surface area contributed by atoms with Crippen molar-refractivity contribution < 1.29 is 44.0 Å². The summed E-state index contributed by atoms with van der Waals surface area (Å²) < 4.78 is 15.7. The summed E-state index contributed by atoms with van der Waals surface area (Å²) >= 11 is 0. The van der Waals surface area contributed by atoms with Crippen LogP contribution in [0, 0.1) is 17.7 Å². The van der Waals surface area contributed by atoms with Crippen molar-refractivity contribution in [1.29, 1.82) is 0 Å². The number of benzene rings is 1. The average Bonchev–Trinajstić information content (AvgIpc) is 2.88. The third-order valence-corrected chi connectivity index (χ3v) is 8.97. The zero-order chi connectivity index (χ0) is 30.3. The number of Topliss-reactive ketones (excluding diaryl/α,β-unsaturated/α-hetero) is 2. The van der Waals surface area contributed by atoms with Crippen LogP contribution in [0.2, 0.25) is 0 Å². The van der Waals surface area contributed by atoms with Crippen LogP contribution < -0.4 is 10.6 Å². The Balaban J connectivity index is 1.66. The largest absolute Gasteiger partial charge is 0.510 e. The number of piperidine rings is 1. The first-order chi connectivity index (χ1) is 19.1. The molecule has 5 rings (SSSR count). The summed E-state index contributed by atoms with van der Waals surface area (Å²) in [6.07, 6.45) is 0.809. The van der Waals surface area contributed by atoms with Gasteiger partial charge >= 0.3 is 0 Å². The number of halogens is 1.